The molecule has 0 aliphatic carbocycles. The van der Waals surface area contributed by atoms with Gasteiger partial charge in [0.25, 0.3) is 0 Å². The number of likely N-dealkylation sites (tertiary alicyclic amines) is 1. The van der Waals surface area contributed by atoms with Crippen molar-refractivity contribution in [1.29, 1.82) is 0 Å². The molecule has 130 valence electrons. The molecular formula is C19H27N3OS. The summed E-state index contributed by atoms with van der Waals surface area (Å²) in [5.74, 6) is 0.900. The minimum Gasteiger partial charge on any atom is -0.487 e. The lowest BCUT2D eigenvalue weighted by atomic mass is 10.2. The van der Waals surface area contributed by atoms with Gasteiger partial charge in [0.05, 0.1) is 10.7 Å². The largest absolute Gasteiger partial charge is 0.487 e. The van der Waals surface area contributed by atoms with Crippen LogP contribution >= 0.6 is 11.3 Å². The van der Waals surface area contributed by atoms with E-state index in [2.05, 4.69) is 39.6 Å². The molecule has 1 fully saturated rings. The van der Waals surface area contributed by atoms with Crippen molar-refractivity contribution in [1.82, 2.24) is 15.2 Å². The monoisotopic (exact) mass is 345 g/mol. The van der Waals surface area contributed by atoms with E-state index in [0.717, 1.165) is 36.1 Å². The van der Waals surface area contributed by atoms with Crippen LogP contribution in [0, 0.1) is 6.92 Å². The summed E-state index contributed by atoms with van der Waals surface area (Å²) in [6.45, 7) is 9.22. The predicted octanol–water partition coefficient (Wildman–Crippen LogP) is 3.60. The summed E-state index contributed by atoms with van der Waals surface area (Å²) >= 11 is 1.66. The van der Waals surface area contributed by atoms with Gasteiger partial charge >= 0.3 is 0 Å². The first-order valence-electron chi connectivity index (χ1n) is 8.82. The third kappa shape index (κ3) is 4.79. The molecule has 2 aromatic rings. The average Bonchev–Trinajstić information content (AvgIpc) is 3.22. The van der Waals surface area contributed by atoms with Crippen molar-refractivity contribution in [2.75, 3.05) is 19.6 Å². The molecule has 0 amide bonds. The van der Waals surface area contributed by atoms with E-state index in [1.807, 2.05) is 19.1 Å². The zero-order valence-corrected chi connectivity index (χ0v) is 15.4. The Hall–Kier alpha value is -1.43. The Labute approximate surface area is 148 Å². The van der Waals surface area contributed by atoms with Crippen LogP contribution in [-0.2, 0) is 13.2 Å². The molecule has 4 nitrogen and oxygen atoms in total. The van der Waals surface area contributed by atoms with E-state index in [1.54, 1.807) is 11.3 Å². The lowest BCUT2D eigenvalue weighted by Crippen LogP contribution is -2.37. The van der Waals surface area contributed by atoms with Gasteiger partial charge in [0.15, 0.2) is 0 Å². The number of benzene rings is 1. The van der Waals surface area contributed by atoms with Gasteiger partial charge in [0, 0.05) is 24.5 Å². The number of hydrogen-bond acceptors (Lipinski definition) is 5. The van der Waals surface area contributed by atoms with Gasteiger partial charge in [-0.15, -0.1) is 11.3 Å². The van der Waals surface area contributed by atoms with E-state index in [9.17, 15) is 0 Å². The number of ether oxygens (including phenoxy) is 1. The van der Waals surface area contributed by atoms with E-state index in [0.29, 0.717) is 12.6 Å². The van der Waals surface area contributed by atoms with Crippen LogP contribution in [0.4, 0.5) is 0 Å². The molecule has 1 unspecified atom stereocenters. The highest BCUT2D eigenvalue weighted by Gasteiger charge is 2.21. The SMILES string of the molecule is CCN1CCCC1CNCc1ccc(OCc2csc(C)n2)cc1. The molecule has 0 saturated carbocycles. The summed E-state index contributed by atoms with van der Waals surface area (Å²) in [6.07, 6.45) is 2.66. The Balaban J connectivity index is 1.41. The van der Waals surface area contributed by atoms with Crippen LogP contribution in [0.5, 0.6) is 5.75 Å². The number of aromatic nitrogens is 1. The highest BCUT2D eigenvalue weighted by atomic mass is 32.1. The van der Waals surface area contributed by atoms with Crippen LogP contribution in [-0.4, -0.2) is 35.6 Å². The molecule has 2 heterocycles. The number of likely N-dealkylation sites (N-methyl/N-ethyl adjacent to an activating group) is 1. The summed E-state index contributed by atoms with van der Waals surface area (Å²) in [5.41, 5.74) is 2.30. The van der Waals surface area contributed by atoms with E-state index in [4.69, 9.17) is 4.74 Å². The maximum atomic E-state index is 5.79. The van der Waals surface area contributed by atoms with Crippen LogP contribution in [0.3, 0.4) is 0 Å². The molecule has 3 rings (SSSR count). The van der Waals surface area contributed by atoms with Gasteiger partial charge in [-0.2, -0.15) is 0 Å². The zero-order chi connectivity index (χ0) is 16.8. The van der Waals surface area contributed by atoms with Crippen molar-refractivity contribution in [3.05, 3.63) is 45.9 Å². The predicted molar refractivity (Wildman–Crippen MR) is 99.6 cm³/mol. The van der Waals surface area contributed by atoms with Gasteiger partial charge in [0.1, 0.15) is 12.4 Å². The molecule has 1 aromatic heterocycles. The van der Waals surface area contributed by atoms with Gasteiger partial charge in [-0.25, -0.2) is 4.98 Å². The second kappa shape index (κ2) is 8.60. The van der Waals surface area contributed by atoms with E-state index in [-0.39, 0.29) is 0 Å². The topological polar surface area (TPSA) is 37.4 Å². The number of nitrogens with zero attached hydrogens (tertiary/aromatic N) is 2. The van der Waals surface area contributed by atoms with Crippen LogP contribution in [0.2, 0.25) is 0 Å². The number of hydrogen-bond donors (Lipinski definition) is 1. The lowest BCUT2D eigenvalue weighted by Gasteiger charge is -2.23. The summed E-state index contributed by atoms with van der Waals surface area (Å²) in [6, 6.07) is 9.08. The number of thiazole rings is 1. The Kier molecular flexibility index (Phi) is 6.24. The van der Waals surface area contributed by atoms with Crippen molar-refractivity contribution >= 4 is 11.3 Å². The summed E-state index contributed by atoms with van der Waals surface area (Å²) in [4.78, 5) is 6.99. The highest BCUT2D eigenvalue weighted by Crippen LogP contribution is 2.17. The first-order chi connectivity index (χ1) is 11.7. The van der Waals surface area contributed by atoms with Crippen LogP contribution in [0.1, 0.15) is 36.0 Å². The molecule has 1 N–H and O–H groups in total. The Morgan fingerprint density at radius 1 is 1.33 bits per heavy atom. The van der Waals surface area contributed by atoms with Crippen LogP contribution in [0.25, 0.3) is 0 Å². The molecule has 1 aliphatic rings. The quantitative estimate of drug-likeness (QED) is 0.793. The fourth-order valence-electron chi connectivity index (χ4n) is 3.26. The van der Waals surface area contributed by atoms with Crippen LogP contribution in [0.15, 0.2) is 29.6 Å². The van der Waals surface area contributed by atoms with Gasteiger partial charge in [0.2, 0.25) is 0 Å². The fourth-order valence-corrected chi connectivity index (χ4v) is 3.86. The summed E-state index contributed by atoms with van der Waals surface area (Å²) < 4.78 is 5.79. The third-order valence-electron chi connectivity index (χ3n) is 4.59. The normalized spacial score (nSPS) is 18.2. The molecule has 1 saturated heterocycles. The van der Waals surface area contributed by atoms with Crippen molar-refractivity contribution in [2.24, 2.45) is 0 Å². The smallest absolute Gasteiger partial charge is 0.131 e. The maximum Gasteiger partial charge on any atom is 0.131 e. The van der Waals surface area contributed by atoms with E-state index < -0.39 is 0 Å². The maximum absolute atomic E-state index is 5.79. The molecular weight excluding hydrogens is 318 g/mol. The van der Waals surface area contributed by atoms with Gasteiger partial charge < -0.3 is 10.1 Å². The standard InChI is InChI=1S/C19H27N3OS/c1-3-22-10-4-5-18(22)12-20-11-16-6-8-19(9-7-16)23-13-17-14-24-15(2)21-17/h6-9,14,18,20H,3-5,10-13H2,1-2H3. The molecule has 0 spiro atoms. The second-order valence-electron chi connectivity index (χ2n) is 6.35. The third-order valence-corrected chi connectivity index (χ3v) is 5.41. The van der Waals surface area contributed by atoms with Crippen molar-refractivity contribution in [3.8, 4) is 5.75 Å². The van der Waals surface area contributed by atoms with E-state index in [1.165, 1.54) is 24.9 Å². The van der Waals surface area contributed by atoms with Crippen molar-refractivity contribution < 1.29 is 4.74 Å². The minimum atomic E-state index is 0.538. The van der Waals surface area contributed by atoms with Gasteiger partial charge in [-0.1, -0.05) is 19.1 Å². The highest BCUT2D eigenvalue weighted by molar-refractivity contribution is 7.09. The van der Waals surface area contributed by atoms with E-state index >= 15 is 0 Å². The molecule has 24 heavy (non-hydrogen) atoms. The average molecular weight is 346 g/mol. The van der Waals surface area contributed by atoms with Crippen molar-refractivity contribution in [2.45, 2.75) is 45.9 Å². The first kappa shape index (κ1) is 17.4. The Morgan fingerprint density at radius 3 is 2.88 bits per heavy atom. The number of nitrogens with one attached hydrogen (secondary N) is 1. The van der Waals surface area contributed by atoms with Crippen LogP contribution < -0.4 is 10.1 Å². The lowest BCUT2D eigenvalue weighted by molar-refractivity contribution is 0.260. The summed E-state index contributed by atoms with van der Waals surface area (Å²) in [5, 5.41) is 6.73. The minimum absolute atomic E-state index is 0.538. The molecule has 0 bridgehead atoms. The molecule has 1 aromatic carbocycles. The molecule has 1 atom stereocenters. The molecule has 0 radical (unpaired) electrons. The zero-order valence-electron chi connectivity index (χ0n) is 14.6. The number of rotatable bonds is 8. The summed E-state index contributed by atoms with van der Waals surface area (Å²) in [7, 11) is 0. The fraction of sp³-hybridized carbons (Fsp3) is 0.526. The van der Waals surface area contributed by atoms with Gasteiger partial charge in [-0.05, 0) is 50.6 Å². The number of aryl methyl sites for hydroxylation is 1. The molecule has 5 heteroatoms. The Bertz CT molecular complexity index is 626. The van der Waals surface area contributed by atoms with Crippen molar-refractivity contribution in [3.63, 3.8) is 0 Å². The second-order valence-corrected chi connectivity index (χ2v) is 7.41. The van der Waals surface area contributed by atoms with Gasteiger partial charge in [-0.3, -0.25) is 4.90 Å². The molecule has 1 aliphatic heterocycles. The Morgan fingerprint density at radius 2 is 2.17 bits per heavy atom. The first-order valence-corrected chi connectivity index (χ1v) is 9.70.